The summed E-state index contributed by atoms with van der Waals surface area (Å²) in [5.74, 6) is 0. The normalized spacial score (nSPS) is 12.3. The number of para-hydroxylation sites is 1. The van der Waals surface area contributed by atoms with Gasteiger partial charge in [0.05, 0.1) is 16.7 Å². The van der Waals surface area contributed by atoms with Crippen molar-refractivity contribution in [2.45, 2.75) is 105 Å². The van der Waals surface area contributed by atoms with Gasteiger partial charge in [0.15, 0.2) is 0 Å². The first-order valence-corrected chi connectivity index (χ1v) is 30.5. The average Bonchev–Trinajstić information content (AvgIpc) is 2.52. The van der Waals surface area contributed by atoms with Crippen molar-refractivity contribution in [3.63, 3.8) is 0 Å². The zero-order valence-electron chi connectivity index (χ0n) is 51.4. The van der Waals surface area contributed by atoms with Crippen LogP contribution in [-0.2, 0) is 21.7 Å². The Morgan fingerprint density at radius 1 is 0.282 bits per heavy atom. The molecule has 0 saturated heterocycles. The van der Waals surface area contributed by atoms with Gasteiger partial charge in [-0.15, -0.1) is 0 Å². The van der Waals surface area contributed by atoms with E-state index >= 15 is 0 Å². The molecule has 0 radical (unpaired) electrons. The Morgan fingerprint density at radius 3 is 1.26 bits per heavy atom. The molecule has 0 unspecified atom stereocenters. The summed E-state index contributed by atoms with van der Waals surface area (Å²) >= 11 is 7.86. The molecule has 0 N–H and O–H groups in total. The van der Waals surface area contributed by atoms with Gasteiger partial charge < -0.3 is 9.47 Å². The zero-order chi connectivity index (χ0) is 59.6. The second-order valence-electron chi connectivity index (χ2n) is 27.3. The summed E-state index contributed by atoms with van der Waals surface area (Å²) < 4.78 is 2.47. The van der Waals surface area contributed by atoms with Crippen molar-refractivity contribution < 1.29 is 0 Å². The number of hydrogen-bond donors (Lipinski definition) is 0. The zero-order valence-corrected chi connectivity index (χ0v) is 52.2. The Kier molecular flexibility index (Phi) is 14.7. The van der Waals surface area contributed by atoms with Gasteiger partial charge in [-0.1, -0.05) is 283 Å². The van der Waals surface area contributed by atoms with Crippen LogP contribution in [0.5, 0.6) is 0 Å². The molecule has 0 aliphatic heterocycles. The summed E-state index contributed by atoms with van der Waals surface area (Å²) in [6.07, 6.45) is 0. The van der Waals surface area contributed by atoms with Gasteiger partial charge in [0.25, 0.3) is 0 Å². The van der Waals surface area contributed by atoms with E-state index in [0.717, 1.165) is 88.7 Å². The van der Waals surface area contributed by atoms with Gasteiger partial charge in [-0.25, -0.2) is 0 Å². The van der Waals surface area contributed by atoms with Crippen LogP contribution >= 0.6 is 11.6 Å². The van der Waals surface area contributed by atoms with Crippen LogP contribution in [0.25, 0.3) is 93.5 Å². The van der Waals surface area contributed by atoms with Crippen LogP contribution in [0.3, 0.4) is 0 Å². The van der Waals surface area contributed by atoms with Gasteiger partial charge in [0, 0.05) is 44.0 Å². The second kappa shape index (κ2) is 22.1. The molecule has 0 fully saturated rings. The number of hydrogen-bond acceptors (Lipinski definition) is 1. The van der Waals surface area contributed by atoms with Crippen LogP contribution in [0, 0.1) is 0 Å². The molecule has 1 aromatic heterocycles. The predicted molar refractivity (Wildman–Crippen MR) is 370 cm³/mol. The molecule has 2 nitrogen and oxygen atoms in total. The number of nitrogens with zero attached hydrogens (tertiary/aromatic N) is 2. The minimum absolute atomic E-state index is 0.0146. The lowest BCUT2D eigenvalue weighted by molar-refractivity contribution is 0.569. The van der Waals surface area contributed by atoms with E-state index in [1.807, 2.05) is 0 Å². The number of anilines is 3. The standard InChI is InChI=1S/C82H77ClN2/c1-79(2,3)60-33-25-31-56(43-60)58-41-42-77-75(47-58)71-38-22-20-36-69(71)68-35-19-21-37-70(68)72-39-23-24-40-76(72)85(77)67-52-64(83)51-66(53-67)84(65-34-26-32-57(46-65)59-44-61(80(4,5)6)48-62(45-59)81(7,8)9)78-73(54-27-15-13-16-28-54)49-63(82(10,11)12)50-74(78)55-29-17-14-18-30-55/h13-53H,1-12H3. The van der Waals surface area contributed by atoms with Crippen molar-refractivity contribution in [3.8, 4) is 50.2 Å². The van der Waals surface area contributed by atoms with Crippen LogP contribution < -0.4 is 4.90 Å². The molecule has 0 atom stereocenters. The Morgan fingerprint density at radius 2 is 0.706 bits per heavy atom. The largest absolute Gasteiger partial charge is 0.309 e. The van der Waals surface area contributed by atoms with E-state index in [1.165, 1.54) is 44.2 Å². The summed E-state index contributed by atoms with van der Waals surface area (Å²) in [5.41, 5.74) is 20.0. The van der Waals surface area contributed by atoms with Crippen LogP contribution in [-0.4, -0.2) is 4.57 Å². The maximum Gasteiger partial charge on any atom is 0.0618 e. The van der Waals surface area contributed by atoms with Crippen molar-refractivity contribution in [3.05, 3.63) is 276 Å². The van der Waals surface area contributed by atoms with E-state index in [2.05, 4.69) is 341 Å². The Labute approximate surface area is 509 Å². The monoisotopic (exact) mass is 1120 g/mol. The predicted octanol–water partition coefficient (Wildman–Crippen LogP) is 24.2. The molecular weight excluding hydrogens is 1050 g/mol. The van der Waals surface area contributed by atoms with E-state index in [1.54, 1.807) is 0 Å². The van der Waals surface area contributed by atoms with E-state index in [0.29, 0.717) is 5.02 Å². The smallest absolute Gasteiger partial charge is 0.0618 e. The highest BCUT2D eigenvalue weighted by atomic mass is 35.5. The Bertz CT molecular complexity index is 4480. The van der Waals surface area contributed by atoms with Crippen molar-refractivity contribution in [2.75, 3.05) is 4.90 Å². The van der Waals surface area contributed by atoms with E-state index < -0.39 is 0 Å². The molecule has 3 heteroatoms. The summed E-state index contributed by atoms with van der Waals surface area (Å²) in [6.45, 7) is 27.7. The van der Waals surface area contributed by atoms with Gasteiger partial charge in [0.1, 0.15) is 0 Å². The third-order valence-electron chi connectivity index (χ3n) is 17.0. The summed E-state index contributed by atoms with van der Waals surface area (Å²) in [7, 11) is 0. The van der Waals surface area contributed by atoms with Gasteiger partial charge in [0.2, 0.25) is 0 Å². The molecule has 0 aliphatic rings. The molecule has 0 aliphatic carbocycles. The summed E-state index contributed by atoms with van der Waals surface area (Å²) in [6, 6.07) is 92.7. The molecule has 12 rings (SSSR count). The van der Waals surface area contributed by atoms with E-state index in [9.17, 15) is 0 Å². The quantitative estimate of drug-likeness (QED) is 0.147. The van der Waals surface area contributed by atoms with E-state index in [4.69, 9.17) is 11.6 Å². The molecule has 0 saturated carbocycles. The Balaban J connectivity index is 1.23. The lowest BCUT2D eigenvalue weighted by Gasteiger charge is -2.33. The lowest BCUT2D eigenvalue weighted by atomic mass is 9.79. The van der Waals surface area contributed by atoms with E-state index in [-0.39, 0.29) is 21.7 Å². The lowest BCUT2D eigenvalue weighted by Crippen LogP contribution is -2.17. The van der Waals surface area contributed by atoms with Crippen molar-refractivity contribution >= 4 is 72.0 Å². The number of rotatable bonds is 8. The van der Waals surface area contributed by atoms with Crippen LogP contribution in [0.4, 0.5) is 17.1 Å². The molecular formula is C82H77ClN2. The molecule has 1 heterocycles. The number of fused-ring (bicyclic) bond motifs is 7. The van der Waals surface area contributed by atoms with Gasteiger partial charge in [-0.05, 0) is 160 Å². The molecule has 0 spiro atoms. The van der Waals surface area contributed by atoms with Crippen molar-refractivity contribution in [1.29, 1.82) is 0 Å². The molecule has 85 heavy (non-hydrogen) atoms. The average molecular weight is 1130 g/mol. The third-order valence-corrected chi connectivity index (χ3v) is 17.2. The number of benzene rings is 11. The highest BCUT2D eigenvalue weighted by molar-refractivity contribution is 6.31. The highest BCUT2D eigenvalue weighted by Gasteiger charge is 2.28. The first kappa shape index (κ1) is 56.8. The highest BCUT2D eigenvalue weighted by Crippen LogP contribution is 2.51. The fourth-order valence-electron chi connectivity index (χ4n) is 12.2. The minimum Gasteiger partial charge on any atom is -0.309 e. The SMILES string of the molecule is CC(C)(C)c1cccc(-c2ccc3c(c2)c2ccccc2c2ccccc2c2ccccc2n3-c2cc(Cl)cc(N(c3cccc(-c4cc(C(C)(C)C)cc(C(C)(C)C)c4)c3)c3c(-c4ccccc4)cc(C(C)(C)C)cc3-c3ccccc3)c2)c1. The molecule has 0 amide bonds. The summed E-state index contributed by atoms with van der Waals surface area (Å²) in [5, 5.41) is 7.53. The first-order chi connectivity index (χ1) is 40.6. The second-order valence-corrected chi connectivity index (χ2v) is 27.7. The van der Waals surface area contributed by atoms with Gasteiger partial charge in [-0.2, -0.15) is 0 Å². The summed E-state index contributed by atoms with van der Waals surface area (Å²) in [4.78, 5) is 2.49. The third kappa shape index (κ3) is 11.3. The fraction of sp³-hybridized carbons (Fsp3) is 0.195. The van der Waals surface area contributed by atoms with Crippen LogP contribution in [0.15, 0.2) is 249 Å². The molecule has 11 aromatic carbocycles. The minimum atomic E-state index is -0.167. The van der Waals surface area contributed by atoms with Crippen molar-refractivity contribution in [2.24, 2.45) is 0 Å². The number of aromatic nitrogens is 1. The van der Waals surface area contributed by atoms with Crippen LogP contribution in [0.2, 0.25) is 5.02 Å². The van der Waals surface area contributed by atoms with Crippen molar-refractivity contribution in [1.82, 2.24) is 4.57 Å². The molecule has 0 bridgehead atoms. The maximum atomic E-state index is 7.86. The topological polar surface area (TPSA) is 8.17 Å². The molecule has 12 aromatic rings. The first-order valence-electron chi connectivity index (χ1n) is 30.1. The van der Waals surface area contributed by atoms with Crippen LogP contribution in [0.1, 0.15) is 105 Å². The Hall–Kier alpha value is -8.69. The fourth-order valence-corrected chi connectivity index (χ4v) is 12.4. The number of halogens is 1. The van der Waals surface area contributed by atoms with Gasteiger partial charge in [-0.3, -0.25) is 0 Å². The van der Waals surface area contributed by atoms with Gasteiger partial charge >= 0.3 is 0 Å². The molecule has 422 valence electrons. The maximum absolute atomic E-state index is 7.86.